The van der Waals surface area contributed by atoms with E-state index in [9.17, 15) is 4.21 Å². The fourth-order valence-corrected chi connectivity index (χ4v) is 2.13. The summed E-state index contributed by atoms with van der Waals surface area (Å²) in [7, 11) is -1.23. The third-order valence-electron chi connectivity index (χ3n) is 2.21. The normalized spacial score (nSPS) is 14.8. The van der Waals surface area contributed by atoms with E-state index in [1.54, 1.807) is 0 Å². The van der Waals surface area contributed by atoms with Gasteiger partial charge < -0.3 is 0 Å². The van der Waals surface area contributed by atoms with Gasteiger partial charge in [0.15, 0.2) is 0 Å². The van der Waals surface area contributed by atoms with Crippen molar-refractivity contribution in [1.29, 1.82) is 0 Å². The van der Waals surface area contributed by atoms with Crippen LogP contribution < -0.4 is 0 Å². The lowest BCUT2D eigenvalue weighted by Crippen LogP contribution is -2.21. The second-order valence-electron chi connectivity index (χ2n) is 4.76. The zero-order valence-electron chi connectivity index (χ0n) is 10.7. The predicted octanol–water partition coefficient (Wildman–Crippen LogP) is 4.00. The third-order valence-corrected chi connectivity index (χ3v) is 3.88. The van der Waals surface area contributed by atoms with Crippen LogP contribution in [0.4, 0.5) is 0 Å². The predicted molar refractivity (Wildman–Crippen MR) is 76.2 cm³/mol. The number of hydrogen-bond donors (Lipinski definition) is 0. The van der Waals surface area contributed by atoms with Crippen molar-refractivity contribution in [3.63, 3.8) is 0 Å². The van der Waals surface area contributed by atoms with Crippen molar-refractivity contribution in [2.45, 2.75) is 38.9 Å². The van der Waals surface area contributed by atoms with Crippen LogP contribution in [0, 0.1) is 0 Å². The van der Waals surface area contributed by atoms with Crippen LogP contribution in [-0.4, -0.2) is 14.7 Å². The third kappa shape index (κ3) is 4.25. The zero-order valence-corrected chi connectivity index (χ0v) is 12.2. The van der Waals surface area contributed by atoms with Gasteiger partial charge in [-0.1, -0.05) is 30.7 Å². The van der Waals surface area contributed by atoms with Crippen LogP contribution in [0.15, 0.2) is 28.7 Å². The van der Waals surface area contributed by atoms with Crippen molar-refractivity contribution in [3.05, 3.63) is 34.9 Å². The number of rotatable bonds is 3. The molecular formula is C13H18ClNOS. The Labute approximate surface area is 111 Å². The van der Waals surface area contributed by atoms with E-state index in [0.29, 0.717) is 5.02 Å². The van der Waals surface area contributed by atoms with Gasteiger partial charge in [0.25, 0.3) is 0 Å². The second kappa shape index (κ2) is 5.78. The molecule has 0 spiro atoms. The first kappa shape index (κ1) is 14.4. The molecule has 0 saturated carbocycles. The smallest absolute Gasteiger partial charge is 0.145 e. The van der Waals surface area contributed by atoms with E-state index in [4.69, 9.17) is 11.6 Å². The molecule has 0 radical (unpaired) electrons. The molecule has 0 aliphatic rings. The molecule has 0 saturated heterocycles. The molecule has 1 aromatic carbocycles. The summed E-state index contributed by atoms with van der Waals surface area (Å²) in [6.07, 6.45) is 0.738. The van der Waals surface area contributed by atoms with E-state index >= 15 is 0 Å². The summed E-state index contributed by atoms with van der Waals surface area (Å²) in [6, 6.07) is 7.49. The van der Waals surface area contributed by atoms with Gasteiger partial charge in [0.1, 0.15) is 11.0 Å². The molecule has 0 amide bonds. The minimum Gasteiger partial charge on any atom is -0.234 e. The molecule has 1 rings (SSSR count). The lowest BCUT2D eigenvalue weighted by molar-refractivity contribution is 0.650. The van der Waals surface area contributed by atoms with Crippen LogP contribution in [0.25, 0.3) is 0 Å². The number of hydrogen-bond acceptors (Lipinski definition) is 1. The quantitative estimate of drug-likeness (QED) is 0.764. The molecule has 0 N–H and O–H groups in total. The summed E-state index contributed by atoms with van der Waals surface area (Å²) in [4.78, 5) is 0. The van der Waals surface area contributed by atoms with Gasteiger partial charge in [-0.3, -0.25) is 0 Å². The fraction of sp³-hybridized carbons (Fsp3) is 0.462. The van der Waals surface area contributed by atoms with Gasteiger partial charge >= 0.3 is 0 Å². The van der Waals surface area contributed by atoms with E-state index in [1.165, 1.54) is 0 Å². The van der Waals surface area contributed by atoms with Crippen LogP contribution in [0.2, 0.25) is 5.02 Å². The number of halogens is 1. The van der Waals surface area contributed by atoms with Crippen LogP contribution in [0.1, 0.15) is 39.7 Å². The average molecular weight is 272 g/mol. The summed E-state index contributed by atoms with van der Waals surface area (Å²) in [5.41, 5.74) is 1.78. The Hall–Kier alpha value is -0.670. The monoisotopic (exact) mass is 271 g/mol. The van der Waals surface area contributed by atoms with Crippen molar-refractivity contribution < 1.29 is 4.21 Å². The summed E-state index contributed by atoms with van der Waals surface area (Å²) in [5.74, 6) is 0. The molecule has 1 aromatic rings. The van der Waals surface area contributed by atoms with Gasteiger partial charge in [-0.2, -0.15) is 4.40 Å². The Morgan fingerprint density at radius 2 is 2.06 bits per heavy atom. The first-order valence-electron chi connectivity index (χ1n) is 5.60. The van der Waals surface area contributed by atoms with Gasteiger partial charge in [0.2, 0.25) is 0 Å². The van der Waals surface area contributed by atoms with Crippen molar-refractivity contribution in [1.82, 2.24) is 0 Å². The molecule has 0 heterocycles. The largest absolute Gasteiger partial charge is 0.234 e. The molecule has 17 heavy (non-hydrogen) atoms. The highest BCUT2D eigenvalue weighted by molar-refractivity contribution is 7.85. The number of benzene rings is 1. The second-order valence-corrected chi connectivity index (χ2v) is 7.11. The molecule has 0 aromatic heterocycles. The lowest BCUT2D eigenvalue weighted by atomic mass is 10.1. The van der Waals surface area contributed by atoms with Crippen LogP contribution >= 0.6 is 11.6 Å². The van der Waals surface area contributed by atoms with Crippen LogP contribution in [0.3, 0.4) is 0 Å². The van der Waals surface area contributed by atoms with E-state index in [1.807, 2.05) is 52.0 Å². The molecule has 0 fully saturated rings. The fourth-order valence-electron chi connectivity index (χ4n) is 1.23. The van der Waals surface area contributed by atoms with Gasteiger partial charge in [-0.15, -0.1) is 0 Å². The van der Waals surface area contributed by atoms with E-state index in [-0.39, 0.29) is 4.75 Å². The SMILES string of the molecule is CCC(=NS(=O)C(C)(C)C)c1cccc(Cl)c1. The average Bonchev–Trinajstić information content (AvgIpc) is 2.24. The Kier molecular flexibility index (Phi) is 4.90. The summed E-state index contributed by atoms with van der Waals surface area (Å²) >= 11 is 5.94. The Morgan fingerprint density at radius 3 is 2.53 bits per heavy atom. The molecule has 0 aliphatic heterocycles. The molecule has 94 valence electrons. The lowest BCUT2D eigenvalue weighted by Gasteiger charge is -2.14. The van der Waals surface area contributed by atoms with E-state index < -0.39 is 11.0 Å². The molecule has 0 bridgehead atoms. The van der Waals surface area contributed by atoms with E-state index in [2.05, 4.69) is 4.40 Å². The molecule has 2 nitrogen and oxygen atoms in total. The maximum atomic E-state index is 12.0. The van der Waals surface area contributed by atoms with E-state index in [0.717, 1.165) is 17.7 Å². The highest BCUT2D eigenvalue weighted by atomic mass is 35.5. The summed E-state index contributed by atoms with van der Waals surface area (Å²) < 4.78 is 16.0. The minimum absolute atomic E-state index is 0.334. The van der Waals surface area contributed by atoms with Crippen molar-refractivity contribution in [2.75, 3.05) is 0 Å². The van der Waals surface area contributed by atoms with Crippen molar-refractivity contribution in [2.24, 2.45) is 4.40 Å². The highest BCUT2D eigenvalue weighted by Gasteiger charge is 2.19. The maximum Gasteiger partial charge on any atom is 0.145 e. The summed E-state index contributed by atoms with van der Waals surface area (Å²) in [6.45, 7) is 7.74. The Morgan fingerprint density at radius 1 is 1.41 bits per heavy atom. The summed E-state index contributed by atoms with van der Waals surface area (Å²) in [5, 5.41) is 0.671. The molecular weight excluding hydrogens is 254 g/mol. The maximum absolute atomic E-state index is 12.0. The molecule has 0 aliphatic carbocycles. The first-order chi connectivity index (χ1) is 7.84. The molecule has 1 unspecified atom stereocenters. The molecule has 4 heteroatoms. The van der Waals surface area contributed by atoms with Crippen molar-refractivity contribution >= 4 is 28.3 Å². The molecule has 1 atom stereocenters. The van der Waals surface area contributed by atoms with Crippen molar-refractivity contribution in [3.8, 4) is 0 Å². The topological polar surface area (TPSA) is 29.4 Å². The van der Waals surface area contributed by atoms with Crippen LogP contribution in [0.5, 0.6) is 0 Å². The Balaban J connectivity index is 3.08. The zero-order chi connectivity index (χ0) is 13.1. The standard InChI is InChI=1S/C13H18ClNOS/c1-5-12(15-17(16)13(2,3)4)10-7-6-8-11(14)9-10/h6-9H,5H2,1-4H3. The minimum atomic E-state index is -1.23. The van der Waals surface area contributed by atoms with Gasteiger partial charge in [0, 0.05) is 5.02 Å². The van der Waals surface area contributed by atoms with Gasteiger partial charge in [-0.05, 0) is 44.9 Å². The highest BCUT2D eigenvalue weighted by Crippen LogP contribution is 2.17. The van der Waals surface area contributed by atoms with Gasteiger partial charge in [-0.25, -0.2) is 4.21 Å². The Bertz CT molecular complexity index is 449. The first-order valence-corrected chi connectivity index (χ1v) is 7.08. The van der Waals surface area contributed by atoms with Crippen LogP contribution in [-0.2, 0) is 11.0 Å². The number of nitrogens with zero attached hydrogens (tertiary/aromatic N) is 1. The van der Waals surface area contributed by atoms with Gasteiger partial charge in [0.05, 0.1) is 10.5 Å².